The van der Waals surface area contributed by atoms with Crippen LogP contribution in [0.15, 0.2) is 102 Å². The topological polar surface area (TPSA) is 37.8 Å². The third-order valence-electron chi connectivity index (χ3n) is 8.88. The molecule has 1 radical (unpaired) electrons. The molecule has 0 saturated carbocycles. The summed E-state index contributed by atoms with van der Waals surface area (Å²) in [5.74, 6) is 2.21. The third-order valence-corrected chi connectivity index (χ3v) is 11.9. The van der Waals surface area contributed by atoms with Crippen LogP contribution in [0.2, 0.25) is 0 Å². The lowest BCUT2D eigenvalue weighted by Crippen LogP contribution is -2.47. The molecule has 233 valence electrons. The normalized spacial score (nSPS) is 15.1. The van der Waals surface area contributed by atoms with Crippen molar-refractivity contribution in [3.63, 3.8) is 0 Å². The summed E-state index contributed by atoms with van der Waals surface area (Å²) in [5, 5.41) is 5.96. The Morgan fingerprint density at radius 3 is 2.07 bits per heavy atom. The Balaban J connectivity index is 1.14. The van der Waals surface area contributed by atoms with Crippen molar-refractivity contribution in [3.05, 3.63) is 102 Å². The second-order valence-electron chi connectivity index (χ2n) is 12.9. The van der Waals surface area contributed by atoms with Gasteiger partial charge in [0.05, 0.1) is 12.3 Å². The summed E-state index contributed by atoms with van der Waals surface area (Å²) in [7, 11) is -1.37. The number of pyridine rings is 1. The number of aromatic nitrogens is 1. The summed E-state index contributed by atoms with van der Waals surface area (Å²) < 4.78 is 14.5. The first-order chi connectivity index (χ1) is 21.9. The fourth-order valence-corrected chi connectivity index (χ4v) is 8.62. The number of hydrogen-bond acceptors (Lipinski definition) is 6. The molecule has 1 aliphatic rings. The molecule has 3 aromatic carbocycles. The van der Waals surface area contributed by atoms with Crippen molar-refractivity contribution in [2.45, 2.75) is 27.7 Å². The van der Waals surface area contributed by atoms with Gasteiger partial charge in [0.2, 0.25) is 0 Å². The first-order valence-corrected chi connectivity index (χ1v) is 18.4. The van der Waals surface area contributed by atoms with Gasteiger partial charge in [-0.3, -0.25) is 0 Å². The third kappa shape index (κ3) is 7.67. The van der Waals surface area contributed by atoms with E-state index in [-0.39, 0.29) is 11.3 Å². The van der Waals surface area contributed by atoms with Gasteiger partial charge in [-0.25, -0.2) is 4.98 Å². The molecule has 1 atom stereocenters. The average Bonchev–Trinajstić information content (AvgIpc) is 3.55. The molecule has 5 nitrogen and oxygen atoms in total. The van der Waals surface area contributed by atoms with E-state index in [0.717, 1.165) is 55.5 Å². The quantitative estimate of drug-likeness (QED) is 0.147. The minimum atomic E-state index is -1.37. The summed E-state index contributed by atoms with van der Waals surface area (Å²) in [6.07, 6.45) is 0. The Kier molecular flexibility index (Phi) is 10.0. The summed E-state index contributed by atoms with van der Waals surface area (Å²) in [6.45, 7) is 15.6. The van der Waals surface area contributed by atoms with Crippen LogP contribution in [0.3, 0.4) is 0 Å². The summed E-state index contributed by atoms with van der Waals surface area (Å²) in [5.41, 5.74) is 2.15. The van der Waals surface area contributed by atoms with Gasteiger partial charge in [-0.05, 0) is 64.1 Å². The van der Waals surface area contributed by atoms with Gasteiger partial charge < -0.3 is 19.0 Å². The van der Waals surface area contributed by atoms with Crippen molar-refractivity contribution in [2.24, 2.45) is 11.3 Å². The van der Waals surface area contributed by atoms with Crippen LogP contribution in [0.25, 0.3) is 21.3 Å². The van der Waals surface area contributed by atoms with E-state index in [4.69, 9.17) is 14.1 Å². The fraction of sp³-hybridized carbons (Fsp3) is 0.342. The maximum absolute atomic E-state index is 6.78. The van der Waals surface area contributed by atoms with Gasteiger partial charge in [-0.15, -0.1) is 11.3 Å². The molecule has 7 heteroatoms. The Labute approximate surface area is 274 Å². The van der Waals surface area contributed by atoms with Gasteiger partial charge in [0.15, 0.2) is 0 Å². The van der Waals surface area contributed by atoms with Crippen LogP contribution >= 0.6 is 11.3 Å². The first-order valence-electron chi connectivity index (χ1n) is 16.1. The average molecular weight is 635 g/mol. The predicted octanol–water partition coefficient (Wildman–Crippen LogP) is 6.97. The number of thiophene rings is 1. The zero-order valence-corrected chi connectivity index (χ0v) is 28.7. The Bertz CT molecular complexity index is 1610. The smallest absolute Gasteiger partial charge is 0.282 e. The van der Waals surface area contributed by atoms with E-state index in [1.54, 1.807) is 11.3 Å². The SMILES string of the molecule is CCN1CCN(c2nc(-c3ccc(OCC(CO[Si](c4ccccc4)c4ccccc4)C(C)(C)C)cc3)cc3sccc23)CC1. The molecule has 3 heterocycles. The summed E-state index contributed by atoms with van der Waals surface area (Å²) in [4.78, 5) is 10.2. The number of rotatable bonds is 11. The molecule has 0 N–H and O–H groups in total. The van der Waals surface area contributed by atoms with Crippen molar-refractivity contribution in [1.29, 1.82) is 0 Å². The zero-order chi connectivity index (χ0) is 31.2. The van der Waals surface area contributed by atoms with Crippen LogP contribution in [-0.4, -0.2) is 64.9 Å². The number of ether oxygens (including phenoxy) is 1. The van der Waals surface area contributed by atoms with E-state index in [2.05, 4.69) is 140 Å². The second-order valence-corrected chi connectivity index (χ2v) is 15.9. The molecule has 5 aromatic rings. The molecule has 0 amide bonds. The van der Waals surface area contributed by atoms with E-state index in [0.29, 0.717) is 13.2 Å². The van der Waals surface area contributed by atoms with E-state index < -0.39 is 9.04 Å². The van der Waals surface area contributed by atoms with Crippen molar-refractivity contribution in [3.8, 4) is 17.0 Å². The second kappa shape index (κ2) is 14.3. The highest BCUT2D eigenvalue weighted by atomic mass is 32.1. The van der Waals surface area contributed by atoms with Gasteiger partial charge in [0, 0.05) is 54.4 Å². The lowest BCUT2D eigenvalue weighted by Gasteiger charge is -2.35. The molecule has 0 bridgehead atoms. The Morgan fingerprint density at radius 1 is 0.822 bits per heavy atom. The van der Waals surface area contributed by atoms with E-state index in [1.165, 1.54) is 20.5 Å². The molecule has 6 rings (SSSR count). The minimum absolute atomic E-state index is 0.0271. The van der Waals surface area contributed by atoms with Gasteiger partial charge in [0.25, 0.3) is 9.04 Å². The molecule has 45 heavy (non-hydrogen) atoms. The van der Waals surface area contributed by atoms with Crippen LogP contribution in [0.1, 0.15) is 27.7 Å². The molecule has 1 unspecified atom stereocenters. The van der Waals surface area contributed by atoms with E-state index >= 15 is 0 Å². The number of piperazine rings is 1. The molecule has 0 aliphatic carbocycles. The van der Waals surface area contributed by atoms with E-state index in [1.807, 2.05) is 0 Å². The van der Waals surface area contributed by atoms with Crippen LogP contribution in [0.5, 0.6) is 5.75 Å². The van der Waals surface area contributed by atoms with Crippen LogP contribution in [-0.2, 0) is 4.43 Å². The van der Waals surface area contributed by atoms with Gasteiger partial charge in [0.1, 0.15) is 11.6 Å². The largest absolute Gasteiger partial charge is 0.493 e. The Hall–Kier alpha value is -3.49. The van der Waals surface area contributed by atoms with Crippen LogP contribution in [0, 0.1) is 11.3 Å². The Morgan fingerprint density at radius 2 is 1.47 bits per heavy atom. The number of anilines is 1. The molecular weight excluding hydrogens is 591 g/mol. The highest BCUT2D eigenvalue weighted by Gasteiger charge is 2.29. The molecule has 0 spiro atoms. The monoisotopic (exact) mass is 634 g/mol. The number of nitrogens with zero attached hydrogens (tertiary/aromatic N) is 3. The molecule has 1 aliphatic heterocycles. The zero-order valence-electron chi connectivity index (χ0n) is 26.9. The van der Waals surface area contributed by atoms with E-state index in [9.17, 15) is 0 Å². The summed E-state index contributed by atoms with van der Waals surface area (Å²) in [6, 6.07) is 34.2. The standard InChI is InChI=1S/C38H44N3O2SSi/c1-5-40-21-23-41(24-22-40)37-34-20-25-44-36(34)26-35(39-37)29-16-18-31(19-17-29)42-27-30(38(2,3)4)28-43-45(32-12-8-6-9-13-32)33-14-10-7-11-15-33/h6-20,25-26,30H,5,21-24,27-28H2,1-4H3. The molecule has 1 fully saturated rings. The predicted molar refractivity (Wildman–Crippen MR) is 192 cm³/mol. The highest BCUT2D eigenvalue weighted by molar-refractivity contribution is 7.17. The van der Waals surface area contributed by atoms with Gasteiger partial charge in [-0.1, -0.05) is 88.4 Å². The number of benzene rings is 3. The summed E-state index contributed by atoms with van der Waals surface area (Å²) >= 11 is 1.79. The van der Waals surface area contributed by atoms with Gasteiger partial charge in [-0.2, -0.15) is 0 Å². The number of likely N-dealkylation sites (N-methyl/N-ethyl adjacent to an activating group) is 1. The van der Waals surface area contributed by atoms with Crippen LogP contribution < -0.4 is 20.0 Å². The van der Waals surface area contributed by atoms with Crippen molar-refractivity contribution >= 4 is 46.7 Å². The van der Waals surface area contributed by atoms with Gasteiger partial charge >= 0.3 is 0 Å². The number of hydrogen-bond donors (Lipinski definition) is 0. The van der Waals surface area contributed by atoms with Crippen molar-refractivity contribution in [2.75, 3.05) is 50.8 Å². The molecular formula is C38H44N3O2SSi. The lowest BCUT2D eigenvalue weighted by molar-refractivity contribution is 0.0934. The maximum atomic E-state index is 6.78. The maximum Gasteiger partial charge on any atom is 0.282 e. The van der Waals surface area contributed by atoms with Crippen molar-refractivity contribution < 1.29 is 9.16 Å². The molecule has 1 saturated heterocycles. The minimum Gasteiger partial charge on any atom is -0.493 e. The highest BCUT2D eigenvalue weighted by Crippen LogP contribution is 2.34. The molecule has 2 aromatic heterocycles. The lowest BCUT2D eigenvalue weighted by atomic mass is 9.82. The fourth-order valence-electron chi connectivity index (χ4n) is 5.78. The van der Waals surface area contributed by atoms with Crippen LogP contribution in [0.4, 0.5) is 5.82 Å². The first kappa shape index (κ1) is 31.5. The van der Waals surface area contributed by atoms with Crippen molar-refractivity contribution in [1.82, 2.24) is 9.88 Å². The number of fused-ring (bicyclic) bond motifs is 1.